The highest BCUT2D eigenvalue weighted by atomic mass is 19.4. The van der Waals surface area contributed by atoms with Crippen LogP contribution >= 0.6 is 0 Å². The Morgan fingerprint density at radius 1 is 1.53 bits per heavy atom. The second-order valence-electron chi connectivity index (χ2n) is 3.06. The van der Waals surface area contributed by atoms with E-state index in [0.29, 0.717) is 5.56 Å². The third-order valence-electron chi connectivity index (χ3n) is 1.88. The normalized spacial score (nSPS) is 13.7. The van der Waals surface area contributed by atoms with Crippen molar-refractivity contribution in [3.05, 3.63) is 23.9 Å². The molecule has 1 heterocycles. The van der Waals surface area contributed by atoms with E-state index in [1.165, 1.54) is 25.4 Å². The fraction of sp³-hybridized carbons (Fsp3) is 0.444. The number of methoxy groups -OCH3 is 1. The summed E-state index contributed by atoms with van der Waals surface area (Å²) in [4.78, 5) is 3.78. The van der Waals surface area contributed by atoms with Gasteiger partial charge in [0, 0.05) is 12.3 Å². The van der Waals surface area contributed by atoms with Gasteiger partial charge in [0.2, 0.25) is 5.88 Å². The summed E-state index contributed by atoms with van der Waals surface area (Å²) >= 11 is 0. The molecular weight excluding hydrogens is 209 g/mol. The minimum atomic E-state index is -4.38. The van der Waals surface area contributed by atoms with E-state index in [4.69, 9.17) is 10.5 Å². The highest BCUT2D eigenvalue weighted by Gasteiger charge is 2.36. The van der Waals surface area contributed by atoms with Crippen LogP contribution in [0.5, 0.6) is 5.88 Å². The lowest BCUT2D eigenvalue weighted by Crippen LogP contribution is -2.39. The Labute approximate surface area is 85.1 Å². The smallest absolute Gasteiger partial charge is 0.403 e. The SMILES string of the molecule is COc1cc(CC(N)C(F)(F)F)ccn1. The van der Waals surface area contributed by atoms with Gasteiger partial charge < -0.3 is 10.5 Å². The number of alkyl halides is 3. The third kappa shape index (κ3) is 3.39. The molecule has 0 aliphatic heterocycles. The van der Waals surface area contributed by atoms with Crippen molar-refractivity contribution in [3.8, 4) is 5.88 Å². The van der Waals surface area contributed by atoms with Crippen molar-refractivity contribution < 1.29 is 17.9 Å². The molecule has 1 aromatic heterocycles. The molecule has 0 aliphatic rings. The molecule has 0 aliphatic carbocycles. The highest BCUT2D eigenvalue weighted by Crippen LogP contribution is 2.22. The second-order valence-corrected chi connectivity index (χ2v) is 3.06. The number of halogens is 3. The van der Waals surface area contributed by atoms with E-state index >= 15 is 0 Å². The van der Waals surface area contributed by atoms with Crippen molar-refractivity contribution in [2.24, 2.45) is 5.73 Å². The maximum absolute atomic E-state index is 12.1. The van der Waals surface area contributed by atoms with Gasteiger partial charge in [0.1, 0.15) is 6.04 Å². The number of pyridine rings is 1. The summed E-state index contributed by atoms with van der Waals surface area (Å²) in [6, 6.07) is 1.06. The summed E-state index contributed by atoms with van der Waals surface area (Å²) in [6.07, 6.45) is -3.27. The molecule has 0 saturated carbocycles. The maximum Gasteiger partial charge on any atom is 0.403 e. The molecular formula is C9H11F3N2O. The van der Waals surface area contributed by atoms with Crippen molar-refractivity contribution >= 4 is 0 Å². The van der Waals surface area contributed by atoms with Crippen molar-refractivity contribution in [1.29, 1.82) is 0 Å². The van der Waals surface area contributed by atoms with Crippen molar-refractivity contribution in [2.45, 2.75) is 18.6 Å². The van der Waals surface area contributed by atoms with Gasteiger partial charge in [-0.2, -0.15) is 13.2 Å². The number of ether oxygens (including phenoxy) is 1. The fourth-order valence-electron chi connectivity index (χ4n) is 1.06. The van der Waals surface area contributed by atoms with Gasteiger partial charge >= 0.3 is 6.18 Å². The van der Waals surface area contributed by atoms with Crippen molar-refractivity contribution in [1.82, 2.24) is 4.98 Å². The zero-order chi connectivity index (χ0) is 11.5. The fourth-order valence-corrected chi connectivity index (χ4v) is 1.06. The first-order valence-electron chi connectivity index (χ1n) is 4.24. The molecule has 0 radical (unpaired) electrons. The van der Waals surface area contributed by atoms with Crippen LogP contribution in [0.25, 0.3) is 0 Å². The van der Waals surface area contributed by atoms with Crippen LogP contribution in [0, 0.1) is 0 Å². The Bertz CT molecular complexity index is 327. The summed E-state index contributed by atoms with van der Waals surface area (Å²) in [7, 11) is 1.40. The molecule has 1 rings (SSSR count). The first-order chi connectivity index (χ1) is 6.93. The average Bonchev–Trinajstić information content (AvgIpc) is 2.16. The van der Waals surface area contributed by atoms with Crippen LogP contribution in [0.3, 0.4) is 0 Å². The lowest BCUT2D eigenvalue weighted by atomic mass is 10.1. The Morgan fingerprint density at radius 2 is 2.20 bits per heavy atom. The number of aromatic nitrogens is 1. The number of hydrogen-bond acceptors (Lipinski definition) is 3. The van der Waals surface area contributed by atoms with Crippen LogP contribution in [0.1, 0.15) is 5.56 Å². The van der Waals surface area contributed by atoms with Crippen molar-refractivity contribution in [3.63, 3.8) is 0 Å². The summed E-state index contributed by atoms with van der Waals surface area (Å²) in [5, 5.41) is 0. The topological polar surface area (TPSA) is 48.1 Å². The van der Waals surface area contributed by atoms with E-state index in [9.17, 15) is 13.2 Å². The first kappa shape index (κ1) is 11.8. The Kier molecular flexibility index (Phi) is 3.52. The van der Waals surface area contributed by atoms with E-state index in [-0.39, 0.29) is 12.3 Å². The minimum absolute atomic E-state index is 0.275. The molecule has 0 saturated heterocycles. The predicted octanol–water partition coefficient (Wildman–Crippen LogP) is 1.52. The average molecular weight is 220 g/mol. The Morgan fingerprint density at radius 3 is 2.73 bits per heavy atom. The van der Waals surface area contributed by atoms with E-state index in [1.54, 1.807) is 0 Å². The van der Waals surface area contributed by atoms with Crippen LogP contribution in [-0.2, 0) is 6.42 Å². The Hall–Kier alpha value is -1.30. The van der Waals surface area contributed by atoms with Crippen LogP contribution in [0.15, 0.2) is 18.3 Å². The van der Waals surface area contributed by atoms with Gasteiger partial charge in [-0.25, -0.2) is 4.98 Å². The minimum Gasteiger partial charge on any atom is -0.481 e. The Balaban J connectivity index is 2.72. The van der Waals surface area contributed by atoms with Gasteiger partial charge in [0.15, 0.2) is 0 Å². The van der Waals surface area contributed by atoms with Gasteiger partial charge in [0.05, 0.1) is 7.11 Å². The van der Waals surface area contributed by atoms with Gasteiger partial charge in [-0.3, -0.25) is 0 Å². The molecule has 0 amide bonds. The van der Waals surface area contributed by atoms with E-state index in [2.05, 4.69) is 4.98 Å². The van der Waals surface area contributed by atoms with Gasteiger partial charge in [-0.1, -0.05) is 0 Å². The molecule has 3 nitrogen and oxygen atoms in total. The van der Waals surface area contributed by atoms with E-state index in [1.807, 2.05) is 0 Å². The first-order valence-corrected chi connectivity index (χ1v) is 4.24. The number of nitrogens with zero attached hydrogens (tertiary/aromatic N) is 1. The largest absolute Gasteiger partial charge is 0.481 e. The standard InChI is InChI=1S/C9H11F3N2O/c1-15-8-5-6(2-3-14-8)4-7(13)9(10,11)12/h2-3,5,7H,4,13H2,1H3. The maximum atomic E-state index is 12.1. The molecule has 1 unspecified atom stereocenters. The molecule has 0 bridgehead atoms. The molecule has 15 heavy (non-hydrogen) atoms. The summed E-state index contributed by atoms with van der Waals surface area (Å²) in [6.45, 7) is 0. The summed E-state index contributed by atoms with van der Waals surface area (Å²) < 4.78 is 41.2. The third-order valence-corrected chi connectivity index (χ3v) is 1.88. The second kappa shape index (κ2) is 4.48. The predicted molar refractivity (Wildman–Crippen MR) is 48.5 cm³/mol. The lowest BCUT2D eigenvalue weighted by Gasteiger charge is -2.15. The van der Waals surface area contributed by atoms with Crippen molar-refractivity contribution in [2.75, 3.05) is 7.11 Å². The molecule has 0 spiro atoms. The quantitative estimate of drug-likeness (QED) is 0.840. The van der Waals surface area contributed by atoms with Crippen LogP contribution < -0.4 is 10.5 Å². The van der Waals surface area contributed by atoms with Gasteiger partial charge in [-0.15, -0.1) is 0 Å². The molecule has 84 valence electrons. The monoisotopic (exact) mass is 220 g/mol. The van der Waals surface area contributed by atoms with E-state index in [0.717, 1.165) is 0 Å². The molecule has 0 fully saturated rings. The van der Waals surface area contributed by atoms with Gasteiger partial charge in [-0.05, 0) is 18.1 Å². The summed E-state index contributed by atoms with van der Waals surface area (Å²) in [5.41, 5.74) is 5.44. The number of rotatable bonds is 3. The molecule has 1 aromatic rings. The highest BCUT2D eigenvalue weighted by molar-refractivity contribution is 5.21. The number of nitrogens with two attached hydrogens (primary N) is 1. The van der Waals surface area contributed by atoms with E-state index < -0.39 is 12.2 Å². The summed E-state index contributed by atoms with van der Waals surface area (Å²) in [5.74, 6) is 0.280. The molecule has 0 aromatic carbocycles. The van der Waals surface area contributed by atoms with Crippen LogP contribution in [-0.4, -0.2) is 24.3 Å². The van der Waals surface area contributed by atoms with Gasteiger partial charge in [0.25, 0.3) is 0 Å². The lowest BCUT2D eigenvalue weighted by molar-refractivity contribution is -0.147. The zero-order valence-corrected chi connectivity index (χ0v) is 8.08. The molecule has 2 N–H and O–H groups in total. The number of hydrogen-bond donors (Lipinski definition) is 1. The molecule has 6 heteroatoms. The zero-order valence-electron chi connectivity index (χ0n) is 8.08. The van der Waals surface area contributed by atoms with Crippen LogP contribution in [0.2, 0.25) is 0 Å². The van der Waals surface area contributed by atoms with Crippen LogP contribution in [0.4, 0.5) is 13.2 Å². The molecule has 1 atom stereocenters.